The lowest BCUT2D eigenvalue weighted by atomic mass is 9.91. The Hall–Kier alpha value is -1.02. The van der Waals surface area contributed by atoms with Crippen LogP contribution in [0.4, 0.5) is 0 Å². The maximum atomic E-state index is 9.19. The van der Waals surface area contributed by atoms with Crippen LogP contribution in [0.25, 0.3) is 5.57 Å². The summed E-state index contributed by atoms with van der Waals surface area (Å²) >= 11 is 3.52. The number of rotatable bonds is 8. The smallest absolute Gasteiger partial charge is 0.157 e. The van der Waals surface area contributed by atoms with Crippen molar-refractivity contribution in [2.75, 3.05) is 26.2 Å². The van der Waals surface area contributed by atoms with E-state index in [-0.39, 0.29) is 6.29 Å². The Bertz CT molecular complexity index is 634. The van der Waals surface area contributed by atoms with E-state index in [1.807, 2.05) is 6.92 Å². The van der Waals surface area contributed by atoms with Gasteiger partial charge in [0.2, 0.25) is 0 Å². The summed E-state index contributed by atoms with van der Waals surface area (Å²) in [5.41, 5.74) is 5.70. The number of hydrogen-bond acceptors (Lipinski definition) is 6. The van der Waals surface area contributed by atoms with Crippen molar-refractivity contribution in [3.8, 4) is 0 Å². The monoisotopic (exact) mass is 393 g/mol. The maximum Gasteiger partial charge on any atom is 0.157 e. The van der Waals surface area contributed by atoms with Gasteiger partial charge in [0.25, 0.3) is 0 Å². The molecule has 2 aromatic heterocycles. The SMILES string of the molecule is CC(O)OC(C)OCCN1CCC(=C(c2ccsc2)c2ccsc2)CC1. The summed E-state index contributed by atoms with van der Waals surface area (Å²) in [6, 6.07) is 4.46. The van der Waals surface area contributed by atoms with E-state index in [2.05, 4.69) is 38.6 Å². The fourth-order valence-electron chi connectivity index (χ4n) is 3.35. The van der Waals surface area contributed by atoms with Crippen LogP contribution < -0.4 is 0 Å². The molecule has 0 spiro atoms. The van der Waals surface area contributed by atoms with Crippen LogP contribution in [-0.4, -0.2) is 48.8 Å². The van der Waals surface area contributed by atoms with Gasteiger partial charge in [-0.25, -0.2) is 0 Å². The van der Waals surface area contributed by atoms with Crippen molar-refractivity contribution in [3.63, 3.8) is 0 Å². The highest BCUT2D eigenvalue weighted by molar-refractivity contribution is 7.08. The number of likely N-dealkylation sites (tertiary alicyclic amines) is 1. The van der Waals surface area contributed by atoms with E-state index < -0.39 is 6.29 Å². The van der Waals surface area contributed by atoms with Gasteiger partial charge in [-0.3, -0.25) is 0 Å². The normalized spacial score (nSPS) is 18.0. The van der Waals surface area contributed by atoms with Gasteiger partial charge >= 0.3 is 0 Å². The molecule has 0 saturated carbocycles. The fourth-order valence-corrected chi connectivity index (χ4v) is 4.64. The van der Waals surface area contributed by atoms with Crippen molar-refractivity contribution >= 4 is 28.2 Å². The van der Waals surface area contributed by atoms with Crippen LogP contribution in [0.1, 0.15) is 37.8 Å². The molecule has 1 saturated heterocycles. The number of ether oxygens (including phenoxy) is 2. The molecular weight excluding hydrogens is 366 g/mol. The highest BCUT2D eigenvalue weighted by Gasteiger charge is 2.19. The third kappa shape index (κ3) is 5.49. The summed E-state index contributed by atoms with van der Waals surface area (Å²) < 4.78 is 10.8. The van der Waals surface area contributed by atoms with Crippen LogP contribution in [0.5, 0.6) is 0 Å². The second-order valence-electron chi connectivity index (χ2n) is 6.52. The lowest BCUT2D eigenvalue weighted by molar-refractivity contribution is -0.214. The topological polar surface area (TPSA) is 41.9 Å². The van der Waals surface area contributed by atoms with Crippen LogP contribution in [0.15, 0.2) is 39.2 Å². The van der Waals surface area contributed by atoms with Crippen molar-refractivity contribution in [1.82, 2.24) is 4.90 Å². The predicted molar refractivity (Wildman–Crippen MR) is 109 cm³/mol. The minimum atomic E-state index is -0.791. The lowest BCUT2D eigenvalue weighted by Gasteiger charge is -2.30. The van der Waals surface area contributed by atoms with Crippen LogP contribution >= 0.6 is 22.7 Å². The minimum Gasteiger partial charge on any atom is -0.368 e. The van der Waals surface area contributed by atoms with Gasteiger partial charge in [-0.2, -0.15) is 22.7 Å². The summed E-state index contributed by atoms with van der Waals surface area (Å²) in [7, 11) is 0. The zero-order valence-electron chi connectivity index (χ0n) is 15.4. The zero-order chi connectivity index (χ0) is 18.4. The predicted octanol–water partition coefficient (Wildman–Crippen LogP) is 4.42. The summed E-state index contributed by atoms with van der Waals surface area (Å²) in [5.74, 6) is 0. The quantitative estimate of drug-likeness (QED) is 0.674. The molecule has 2 aromatic rings. The second-order valence-corrected chi connectivity index (χ2v) is 8.08. The van der Waals surface area contributed by atoms with Gasteiger partial charge in [0.1, 0.15) is 0 Å². The molecular formula is C20H27NO3S2. The van der Waals surface area contributed by atoms with Gasteiger partial charge in [-0.15, -0.1) is 0 Å². The fraction of sp³-hybridized carbons (Fsp3) is 0.500. The third-order valence-electron chi connectivity index (χ3n) is 4.58. The summed E-state index contributed by atoms with van der Waals surface area (Å²) in [4.78, 5) is 2.44. The molecule has 2 unspecified atom stereocenters. The summed E-state index contributed by atoms with van der Waals surface area (Å²) in [5, 5.41) is 18.0. The van der Waals surface area contributed by atoms with Crippen molar-refractivity contribution in [1.29, 1.82) is 0 Å². The molecule has 1 N–H and O–H groups in total. The van der Waals surface area contributed by atoms with E-state index in [4.69, 9.17) is 9.47 Å². The van der Waals surface area contributed by atoms with Crippen LogP contribution in [0, 0.1) is 0 Å². The molecule has 0 radical (unpaired) electrons. The Labute approximate surface area is 163 Å². The average molecular weight is 394 g/mol. The standard InChI is InChI=1S/C20H27NO3S2/c1-15(22)24-16(2)23-10-9-21-7-3-17(4-8-21)20(18-5-11-25-13-18)19-6-12-26-14-19/h5-6,11-16,22H,3-4,7-10H2,1-2H3. The number of thiophene rings is 2. The number of nitrogens with zero attached hydrogens (tertiary/aromatic N) is 1. The molecule has 2 atom stereocenters. The van der Waals surface area contributed by atoms with E-state index in [1.54, 1.807) is 35.2 Å². The number of aliphatic hydroxyl groups excluding tert-OH is 1. The number of piperidine rings is 1. The molecule has 1 aliphatic rings. The van der Waals surface area contributed by atoms with E-state index in [9.17, 15) is 5.11 Å². The largest absolute Gasteiger partial charge is 0.368 e. The van der Waals surface area contributed by atoms with Crippen molar-refractivity contribution in [2.24, 2.45) is 0 Å². The van der Waals surface area contributed by atoms with Gasteiger partial charge in [0, 0.05) is 19.6 Å². The minimum absolute atomic E-state index is 0.376. The molecule has 1 fully saturated rings. The lowest BCUT2D eigenvalue weighted by Crippen LogP contribution is -2.35. The van der Waals surface area contributed by atoms with Crippen LogP contribution in [0.2, 0.25) is 0 Å². The Morgan fingerprint density at radius 3 is 2.23 bits per heavy atom. The van der Waals surface area contributed by atoms with E-state index in [0.29, 0.717) is 6.61 Å². The Balaban J connectivity index is 1.56. The third-order valence-corrected chi connectivity index (χ3v) is 5.95. The van der Waals surface area contributed by atoms with Crippen molar-refractivity contribution in [3.05, 3.63) is 50.4 Å². The molecule has 0 aliphatic carbocycles. The molecule has 1 aliphatic heterocycles. The molecule has 0 bridgehead atoms. The average Bonchev–Trinajstić information content (AvgIpc) is 3.30. The van der Waals surface area contributed by atoms with Gasteiger partial charge in [0.05, 0.1) is 6.61 Å². The highest BCUT2D eigenvalue weighted by Crippen LogP contribution is 2.34. The molecule has 3 heterocycles. The van der Waals surface area contributed by atoms with E-state index in [0.717, 1.165) is 32.5 Å². The van der Waals surface area contributed by atoms with Gasteiger partial charge in [-0.05, 0) is 77.0 Å². The first-order chi connectivity index (χ1) is 12.6. The first kappa shape index (κ1) is 19.7. The van der Waals surface area contributed by atoms with Crippen molar-refractivity contribution in [2.45, 2.75) is 39.3 Å². The maximum absolute atomic E-state index is 9.19. The second kappa shape index (κ2) is 9.78. The molecule has 6 heteroatoms. The summed E-state index contributed by atoms with van der Waals surface area (Å²) in [6.07, 6.45) is 1.03. The Morgan fingerprint density at radius 2 is 1.73 bits per heavy atom. The first-order valence-corrected chi connectivity index (χ1v) is 11.0. The van der Waals surface area contributed by atoms with Crippen LogP contribution in [0.3, 0.4) is 0 Å². The molecule has 0 amide bonds. The molecule has 4 nitrogen and oxygen atoms in total. The zero-order valence-corrected chi connectivity index (χ0v) is 17.0. The van der Waals surface area contributed by atoms with E-state index >= 15 is 0 Å². The van der Waals surface area contributed by atoms with Gasteiger partial charge in [0.15, 0.2) is 12.6 Å². The van der Waals surface area contributed by atoms with E-state index in [1.165, 1.54) is 16.7 Å². The summed E-state index contributed by atoms with van der Waals surface area (Å²) in [6.45, 7) is 7.04. The Morgan fingerprint density at radius 1 is 1.12 bits per heavy atom. The van der Waals surface area contributed by atoms with Crippen molar-refractivity contribution < 1.29 is 14.6 Å². The number of hydrogen-bond donors (Lipinski definition) is 1. The number of aliphatic hydroxyl groups is 1. The molecule has 142 valence electrons. The molecule has 3 rings (SSSR count). The van der Waals surface area contributed by atoms with Crippen LogP contribution in [-0.2, 0) is 9.47 Å². The first-order valence-electron chi connectivity index (χ1n) is 9.08. The van der Waals surface area contributed by atoms with Gasteiger partial charge in [-0.1, -0.05) is 5.57 Å². The van der Waals surface area contributed by atoms with Gasteiger partial charge < -0.3 is 19.5 Å². The Kier molecular flexibility index (Phi) is 7.42. The molecule has 26 heavy (non-hydrogen) atoms. The molecule has 0 aromatic carbocycles. The highest BCUT2D eigenvalue weighted by atomic mass is 32.1.